The molecule has 4 rings (SSSR count). The Morgan fingerprint density at radius 1 is 0.920 bits per heavy atom. The fourth-order valence-electron chi connectivity index (χ4n) is 3.31. The summed E-state index contributed by atoms with van der Waals surface area (Å²) < 4.78 is 7.75. The van der Waals surface area contributed by atoms with Gasteiger partial charge in [0.25, 0.3) is 0 Å². The van der Waals surface area contributed by atoms with E-state index in [1.165, 1.54) is 5.56 Å². The molecule has 0 saturated carbocycles. The van der Waals surface area contributed by atoms with Crippen LogP contribution >= 0.6 is 0 Å². The molecular weight excluding hydrogens is 314 g/mol. The summed E-state index contributed by atoms with van der Waals surface area (Å²) >= 11 is 0. The third-order valence-corrected chi connectivity index (χ3v) is 4.60. The van der Waals surface area contributed by atoms with Gasteiger partial charge in [0.1, 0.15) is 5.82 Å². The lowest BCUT2D eigenvalue weighted by molar-refractivity contribution is 0.0124. The number of imidazole rings is 1. The van der Waals surface area contributed by atoms with Crippen LogP contribution in [0.25, 0.3) is 11.4 Å². The Hall–Kier alpha value is -2.57. The van der Waals surface area contributed by atoms with Crippen LogP contribution in [0.15, 0.2) is 61.4 Å². The standard InChI is InChI=1S/C19H21N5O/c1-5-20-6-2-16(1)18(23-11-13-25-14-12-23)15-24-10-9-22-19(24)17-3-7-21-8-4-17/h1-10,18H,11-15H2/t18-/m0/s1. The highest BCUT2D eigenvalue weighted by Crippen LogP contribution is 2.26. The molecule has 1 aliphatic rings. The Balaban J connectivity index is 1.64. The van der Waals surface area contributed by atoms with Crippen LogP contribution in [0.2, 0.25) is 0 Å². The van der Waals surface area contributed by atoms with Crippen molar-refractivity contribution in [3.63, 3.8) is 0 Å². The van der Waals surface area contributed by atoms with E-state index in [-0.39, 0.29) is 6.04 Å². The summed E-state index contributed by atoms with van der Waals surface area (Å²) in [7, 11) is 0. The first-order valence-electron chi connectivity index (χ1n) is 8.55. The second-order valence-electron chi connectivity index (χ2n) is 6.08. The Bertz CT molecular complexity index is 784. The van der Waals surface area contributed by atoms with E-state index < -0.39 is 0 Å². The first-order chi connectivity index (χ1) is 12.4. The van der Waals surface area contributed by atoms with Crippen LogP contribution in [0.1, 0.15) is 11.6 Å². The Kier molecular flexibility index (Phi) is 4.81. The van der Waals surface area contributed by atoms with Crippen molar-refractivity contribution in [3.05, 3.63) is 67.0 Å². The van der Waals surface area contributed by atoms with Crippen LogP contribution in [0.5, 0.6) is 0 Å². The van der Waals surface area contributed by atoms with E-state index >= 15 is 0 Å². The Morgan fingerprint density at radius 2 is 1.60 bits per heavy atom. The van der Waals surface area contributed by atoms with E-state index in [4.69, 9.17) is 4.74 Å². The predicted octanol–water partition coefficient (Wildman–Crippen LogP) is 2.41. The van der Waals surface area contributed by atoms with Gasteiger partial charge in [0, 0.05) is 62.4 Å². The van der Waals surface area contributed by atoms with Crippen molar-refractivity contribution in [2.24, 2.45) is 0 Å². The summed E-state index contributed by atoms with van der Waals surface area (Å²) in [6.07, 6.45) is 11.2. The van der Waals surface area contributed by atoms with Gasteiger partial charge in [-0.3, -0.25) is 14.9 Å². The molecule has 6 nitrogen and oxygen atoms in total. The minimum Gasteiger partial charge on any atom is -0.379 e. The molecule has 1 saturated heterocycles. The second-order valence-corrected chi connectivity index (χ2v) is 6.08. The molecule has 3 aromatic rings. The van der Waals surface area contributed by atoms with Gasteiger partial charge >= 0.3 is 0 Å². The highest BCUT2D eigenvalue weighted by atomic mass is 16.5. The van der Waals surface area contributed by atoms with E-state index in [1.807, 2.05) is 36.9 Å². The van der Waals surface area contributed by atoms with Gasteiger partial charge in [-0.2, -0.15) is 0 Å². The van der Waals surface area contributed by atoms with Crippen molar-refractivity contribution in [1.82, 2.24) is 24.4 Å². The van der Waals surface area contributed by atoms with Gasteiger partial charge in [-0.05, 0) is 29.8 Å². The maximum Gasteiger partial charge on any atom is 0.140 e. The maximum absolute atomic E-state index is 5.53. The van der Waals surface area contributed by atoms with Crippen LogP contribution < -0.4 is 0 Å². The molecule has 4 heterocycles. The molecular formula is C19H21N5O. The molecule has 1 aliphatic heterocycles. The highest BCUT2D eigenvalue weighted by molar-refractivity contribution is 5.54. The number of hydrogen-bond donors (Lipinski definition) is 0. The molecule has 1 atom stereocenters. The molecule has 0 amide bonds. The fourth-order valence-corrected chi connectivity index (χ4v) is 3.31. The number of hydrogen-bond acceptors (Lipinski definition) is 5. The number of pyridine rings is 2. The monoisotopic (exact) mass is 335 g/mol. The van der Waals surface area contributed by atoms with Gasteiger partial charge in [0.15, 0.2) is 0 Å². The van der Waals surface area contributed by atoms with Crippen molar-refractivity contribution in [3.8, 4) is 11.4 Å². The van der Waals surface area contributed by atoms with Crippen molar-refractivity contribution < 1.29 is 4.74 Å². The third-order valence-electron chi connectivity index (χ3n) is 4.60. The molecule has 1 fully saturated rings. The number of aromatic nitrogens is 4. The van der Waals surface area contributed by atoms with Gasteiger partial charge in [0.2, 0.25) is 0 Å². The summed E-state index contributed by atoms with van der Waals surface area (Å²) in [5.74, 6) is 0.967. The zero-order valence-electron chi connectivity index (χ0n) is 14.0. The van der Waals surface area contributed by atoms with Crippen LogP contribution in [0.4, 0.5) is 0 Å². The van der Waals surface area contributed by atoms with Gasteiger partial charge in [0.05, 0.1) is 19.3 Å². The van der Waals surface area contributed by atoms with Crippen molar-refractivity contribution in [2.45, 2.75) is 12.6 Å². The molecule has 0 spiro atoms. The normalized spacial score (nSPS) is 16.6. The summed E-state index contributed by atoms with van der Waals surface area (Å²) in [6.45, 7) is 4.27. The van der Waals surface area contributed by atoms with Crippen LogP contribution in [0.3, 0.4) is 0 Å². The van der Waals surface area contributed by atoms with Crippen molar-refractivity contribution in [1.29, 1.82) is 0 Å². The molecule has 0 radical (unpaired) electrons. The molecule has 25 heavy (non-hydrogen) atoms. The fraction of sp³-hybridized carbons (Fsp3) is 0.316. The Morgan fingerprint density at radius 3 is 2.32 bits per heavy atom. The van der Waals surface area contributed by atoms with Gasteiger partial charge < -0.3 is 9.30 Å². The molecule has 0 N–H and O–H groups in total. The molecule has 0 aromatic carbocycles. The van der Waals surface area contributed by atoms with E-state index in [0.29, 0.717) is 0 Å². The quantitative estimate of drug-likeness (QED) is 0.717. The van der Waals surface area contributed by atoms with Crippen LogP contribution in [0, 0.1) is 0 Å². The topological polar surface area (TPSA) is 56.1 Å². The van der Waals surface area contributed by atoms with E-state index in [9.17, 15) is 0 Å². The summed E-state index contributed by atoms with van der Waals surface area (Å²) in [6, 6.07) is 8.46. The van der Waals surface area contributed by atoms with Crippen LogP contribution in [-0.4, -0.2) is 50.7 Å². The molecule has 6 heteroatoms. The Labute approximate surface area is 147 Å². The third kappa shape index (κ3) is 3.60. The molecule has 3 aromatic heterocycles. The zero-order valence-corrected chi connectivity index (χ0v) is 14.0. The summed E-state index contributed by atoms with van der Waals surface area (Å²) in [5.41, 5.74) is 2.35. The lowest BCUT2D eigenvalue weighted by Gasteiger charge is -2.35. The lowest BCUT2D eigenvalue weighted by atomic mass is 10.1. The molecule has 0 bridgehead atoms. The first kappa shape index (κ1) is 15.9. The SMILES string of the molecule is c1cc(-c2nccn2C[C@@H](c2ccncc2)N2CCOCC2)ccn1. The van der Waals surface area contributed by atoms with E-state index in [2.05, 4.69) is 36.6 Å². The van der Waals surface area contributed by atoms with Crippen LogP contribution in [-0.2, 0) is 11.3 Å². The van der Waals surface area contributed by atoms with Gasteiger partial charge in [-0.15, -0.1) is 0 Å². The lowest BCUT2D eigenvalue weighted by Crippen LogP contribution is -2.40. The average molecular weight is 335 g/mol. The van der Waals surface area contributed by atoms with E-state index in [0.717, 1.165) is 44.2 Å². The number of morpholine rings is 1. The molecule has 0 unspecified atom stereocenters. The largest absolute Gasteiger partial charge is 0.379 e. The van der Waals surface area contributed by atoms with Crippen molar-refractivity contribution in [2.75, 3.05) is 26.3 Å². The number of nitrogens with zero attached hydrogens (tertiary/aromatic N) is 5. The number of rotatable bonds is 5. The maximum atomic E-state index is 5.53. The number of ether oxygens (including phenoxy) is 1. The van der Waals surface area contributed by atoms with Gasteiger partial charge in [-0.1, -0.05) is 0 Å². The molecule has 128 valence electrons. The smallest absolute Gasteiger partial charge is 0.140 e. The average Bonchev–Trinajstić information content (AvgIpc) is 3.16. The van der Waals surface area contributed by atoms with Gasteiger partial charge in [-0.25, -0.2) is 4.98 Å². The minimum atomic E-state index is 0.265. The highest BCUT2D eigenvalue weighted by Gasteiger charge is 2.24. The second kappa shape index (κ2) is 7.55. The minimum absolute atomic E-state index is 0.265. The summed E-state index contributed by atoms with van der Waals surface area (Å²) in [4.78, 5) is 15.3. The molecule has 0 aliphatic carbocycles. The predicted molar refractivity (Wildman–Crippen MR) is 94.8 cm³/mol. The summed E-state index contributed by atoms with van der Waals surface area (Å²) in [5, 5.41) is 0. The van der Waals surface area contributed by atoms with Crippen molar-refractivity contribution >= 4 is 0 Å². The zero-order chi connectivity index (χ0) is 16.9. The van der Waals surface area contributed by atoms with E-state index in [1.54, 1.807) is 12.4 Å². The first-order valence-corrected chi connectivity index (χ1v) is 8.55.